The van der Waals surface area contributed by atoms with Crippen LogP contribution < -0.4 is 10.6 Å². The lowest BCUT2D eigenvalue weighted by Crippen LogP contribution is -2.36. The molecule has 0 saturated carbocycles. The Labute approximate surface area is 128 Å². The van der Waals surface area contributed by atoms with Crippen LogP contribution in [0, 0.1) is 18.8 Å². The van der Waals surface area contributed by atoms with Gasteiger partial charge < -0.3 is 10.6 Å². The zero-order valence-corrected chi connectivity index (χ0v) is 13.5. The van der Waals surface area contributed by atoms with Gasteiger partial charge >= 0.3 is 0 Å². The first-order valence-corrected chi connectivity index (χ1v) is 8.13. The molecule has 2 N–H and O–H groups in total. The Bertz CT molecular complexity index is 449. The average molecular weight is 288 g/mol. The van der Waals surface area contributed by atoms with Crippen LogP contribution in [0.3, 0.4) is 0 Å². The molecule has 3 nitrogen and oxygen atoms in total. The van der Waals surface area contributed by atoms with Crippen molar-refractivity contribution in [1.82, 2.24) is 10.6 Å². The van der Waals surface area contributed by atoms with Crippen LogP contribution in [0.25, 0.3) is 0 Å². The maximum Gasteiger partial charge on any atom is 0.220 e. The van der Waals surface area contributed by atoms with Crippen LogP contribution in [0.15, 0.2) is 24.3 Å². The number of aryl methyl sites for hydroxylation is 1. The Morgan fingerprint density at radius 3 is 2.67 bits per heavy atom. The summed E-state index contributed by atoms with van der Waals surface area (Å²) in [5.41, 5.74) is 2.41. The first-order valence-electron chi connectivity index (χ1n) is 8.13. The molecule has 2 unspecified atom stereocenters. The van der Waals surface area contributed by atoms with Crippen molar-refractivity contribution in [3.05, 3.63) is 35.4 Å². The van der Waals surface area contributed by atoms with E-state index in [-0.39, 0.29) is 11.9 Å². The van der Waals surface area contributed by atoms with Crippen LogP contribution in [0.4, 0.5) is 0 Å². The molecule has 2 rings (SSSR count). The van der Waals surface area contributed by atoms with E-state index in [9.17, 15) is 4.79 Å². The Kier molecular flexibility index (Phi) is 5.80. The topological polar surface area (TPSA) is 41.1 Å². The molecule has 0 aliphatic carbocycles. The first-order chi connectivity index (χ1) is 10.1. The zero-order valence-electron chi connectivity index (χ0n) is 13.5. The minimum absolute atomic E-state index is 0.0785. The molecular formula is C18H28N2O. The third-order valence-corrected chi connectivity index (χ3v) is 4.60. The van der Waals surface area contributed by atoms with Crippen molar-refractivity contribution in [2.45, 2.75) is 46.1 Å². The molecule has 1 saturated heterocycles. The van der Waals surface area contributed by atoms with Gasteiger partial charge in [0.05, 0.1) is 6.04 Å². The average Bonchev–Trinajstić information content (AvgIpc) is 2.48. The molecule has 1 fully saturated rings. The molecule has 3 heteroatoms. The molecule has 1 aliphatic heterocycles. The summed E-state index contributed by atoms with van der Waals surface area (Å²) in [4.78, 5) is 12.2. The van der Waals surface area contributed by atoms with Crippen LogP contribution in [0.5, 0.6) is 0 Å². The van der Waals surface area contributed by atoms with Crippen molar-refractivity contribution in [3.8, 4) is 0 Å². The van der Waals surface area contributed by atoms with Crippen LogP contribution in [-0.2, 0) is 4.79 Å². The second kappa shape index (κ2) is 7.60. The van der Waals surface area contributed by atoms with Gasteiger partial charge in [0.25, 0.3) is 0 Å². The van der Waals surface area contributed by atoms with Crippen molar-refractivity contribution in [2.75, 3.05) is 13.1 Å². The van der Waals surface area contributed by atoms with Crippen molar-refractivity contribution >= 4 is 5.91 Å². The number of hydrogen-bond acceptors (Lipinski definition) is 2. The van der Waals surface area contributed by atoms with Crippen molar-refractivity contribution in [3.63, 3.8) is 0 Å². The SMILES string of the molecule is Cc1ccc([C@@H](C)NC(=O)CC(C)C2CCCNC2)cc1. The first kappa shape index (κ1) is 16.0. The van der Waals surface area contributed by atoms with Crippen LogP contribution in [-0.4, -0.2) is 19.0 Å². The maximum atomic E-state index is 12.2. The summed E-state index contributed by atoms with van der Waals surface area (Å²) in [5, 5.41) is 6.56. The van der Waals surface area contributed by atoms with Gasteiger partial charge in [0.1, 0.15) is 0 Å². The lowest BCUT2D eigenvalue weighted by molar-refractivity contribution is -0.123. The van der Waals surface area contributed by atoms with Gasteiger partial charge in [0, 0.05) is 6.42 Å². The molecule has 0 radical (unpaired) electrons. The van der Waals surface area contributed by atoms with Gasteiger partial charge in [0.2, 0.25) is 5.91 Å². The smallest absolute Gasteiger partial charge is 0.220 e. The van der Waals surface area contributed by atoms with E-state index in [1.165, 1.54) is 24.0 Å². The molecule has 3 atom stereocenters. The Balaban J connectivity index is 1.81. The number of amides is 1. The predicted octanol–water partition coefficient (Wildman–Crippen LogP) is 3.20. The molecule has 0 spiro atoms. The number of piperidine rings is 1. The fourth-order valence-electron chi connectivity index (χ4n) is 3.06. The molecule has 1 aliphatic rings. The van der Waals surface area contributed by atoms with Gasteiger partial charge in [-0.05, 0) is 57.2 Å². The second-order valence-electron chi connectivity index (χ2n) is 6.49. The fraction of sp³-hybridized carbons (Fsp3) is 0.611. The number of rotatable bonds is 5. The largest absolute Gasteiger partial charge is 0.350 e. The summed E-state index contributed by atoms with van der Waals surface area (Å²) >= 11 is 0. The standard InChI is InChI=1S/C18H28N2O/c1-13-6-8-16(9-7-13)15(3)20-18(21)11-14(2)17-5-4-10-19-12-17/h6-9,14-15,17,19H,4-5,10-12H2,1-3H3,(H,20,21)/t14?,15-,17?/m1/s1. The maximum absolute atomic E-state index is 12.2. The van der Waals surface area contributed by atoms with E-state index in [1.54, 1.807) is 0 Å². The zero-order chi connectivity index (χ0) is 15.2. The number of carbonyl (C=O) groups is 1. The minimum Gasteiger partial charge on any atom is -0.350 e. The summed E-state index contributed by atoms with van der Waals surface area (Å²) in [6, 6.07) is 8.45. The summed E-state index contributed by atoms with van der Waals surface area (Å²) < 4.78 is 0. The van der Waals surface area contributed by atoms with E-state index >= 15 is 0 Å². The van der Waals surface area contributed by atoms with Crippen LogP contribution in [0.2, 0.25) is 0 Å². The van der Waals surface area contributed by atoms with E-state index in [2.05, 4.69) is 55.7 Å². The molecule has 1 aromatic rings. The lowest BCUT2D eigenvalue weighted by Gasteiger charge is -2.28. The van der Waals surface area contributed by atoms with Gasteiger partial charge in [-0.25, -0.2) is 0 Å². The summed E-state index contributed by atoms with van der Waals surface area (Å²) in [5.74, 6) is 1.25. The van der Waals surface area contributed by atoms with E-state index in [0.29, 0.717) is 18.3 Å². The van der Waals surface area contributed by atoms with Crippen molar-refractivity contribution in [2.24, 2.45) is 11.8 Å². The van der Waals surface area contributed by atoms with Crippen molar-refractivity contribution in [1.29, 1.82) is 0 Å². The molecule has 1 heterocycles. The highest BCUT2D eigenvalue weighted by Gasteiger charge is 2.22. The van der Waals surface area contributed by atoms with Gasteiger partial charge in [-0.15, -0.1) is 0 Å². The molecule has 116 valence electrons. The monoisotopic (exact) mass is 288 g/mol. The molecule has 21 heavy (non-hydrogen) atoms. The number of hydrogen-bond donors (Lipinski definition) is 2. The highest BCUT2D eigenvalue weighted by Crippen LogP contribution is 2.23. The predicted molar refractivity (Wildman–Crippen MR) is 87.1 cm³/mol. The van der Waals surface area contributed by atoms with Crippen molar-refractivity contribution < 1.29 is 4.79 Å². The minimum atomic E-state index is 0.0785. The third-order valence-electron chi connectivity index (χ3n) is 4.60. The molecule has 1 amide bonds. The number of benzene rings is 1. The second-order valence-corrected chi connectivity index (χ2v) is 6.49. The molecule has 0 bridgehead atoms. The summed E-state index contributed by atoms with van der Waals surface area (Å²) in [6.07, 6.45) is 3.11. The Morgan fingerprint density at radius 2 is 2.05 bits per heavy atom. The number of carbonyl (C=O) groups excluding carboxylic acids is 1. The van der Waals surface area contributed by atoms with Crippen LogP contribution >= 0.6 is 0 Å². The molecule has 0 aromatic heterocycles. The molecular weight excluding hydrogens is 260 g/mol. The lowest BCUT2D eigenvalue weighted by atomic mass is 9.85. The van der Waals surface area contributed by atoms with E-state index in [4.69, 9.17) is 0 Å². The van der Waals surface area contributed by atoms with Gasteiger partial charge in [0.15, 0.2) is 0 Å². The van der Waals surface area contributed by atoms with Crippen LogP contribution in [0.1, 0.15) is 50.3 Å². The van der Waals surface area contributed by atoms with E-state index in [1.807, 2.05) is 0 Å². The third kappa shape index (κ3) is 4.85. The normalized spacial score (nSPS) is 21.6. The van der Waals surface area contributed by atoms with E-state index in [0.717, 1.165) is 13.1 Å². The summed E-state index contributed by atoms with van der Waals surface area (Å²) in [6.45, 7) is 8.51. The van der Waals surface area contributed by atoms with Gasteiger partial charge in [-0.1, -0.05) is 36.8 Å². The van der Waals surface area contributed by atoms with Gasteiger partial charge in [-0.3, -0.25) is 4.79 Å². The highest BCUT2D eigenvalue weighted by atomic mass is 16.1. The quantitative estimate of drug-likeness (QED) is 0.873. The Hall–Kier alpha value is -1.35. The highest BCUT2D eigenvalue weighted by molar-refractivity contribution is 5.76. The Morgan fingerprint density at radius 1 is 1.33 bits per heavy atom. The van der Waals surface area contributed by atoms with E-state index < -0.39 is 0 Å². The number of nitrogens with one attached hydrogen (secondary N) is 2. The molecule has 1 aromatic carbocycles. The fourth-order valence-corrected chi connectivity index (χ4v) is 3.06. The summed E-state index contributed by atoms with van der Waals surface area (Å²) in [7, 11) is 0. The van der Waals surface area contributed by atoms with Gasteiger partial charge in [-0.2, -0.15) is 0 Å².